The molecule has 2 amide bonds. The molecule has 8 nitrogen and oxygen atoms in total. The highest BCUT2D eigenvalue weighted by molar-refractivity contribution is 8.01. The number of fused-ring (bicyclic) bond motifs is 1. The quantitative estimate of drug-likeness (QED) is 0.867. The van der Waals surface area contributed by atoms with Gasteiger partial charge in [0.05, 0.1) is 10.9 Å². The summed E-state index contributed by atoms with van der Waals surface area (Å²) >= 11 is 1.70. The van der Waals surface area contributed by atoms with Gasteiger partial charge >= 0.3 is 0 Å². The Hall–Kier alpha value is -2.42. The van der Waals surface area contributed by atoms with E-state index in [0.717, 1.165) is 30.7 Å². The lowest BCUT2D eigenvalue weighted by Gasteiger charge is -2.29. The van der Waals surface area contributed by atoms with Gasteiger partial charge in [-0.25, -0.2) is 4.68 Å². The van der Waals surface area contributed by atoms with Crippen LogP contribution in [-0.2, 0) is 9.59 Å². The average molecular weight is 384 g/mol. The maximum absolute atomic E-state index is 12.8. The van der Waals surface area contributed by atoms with Crippen molar-refractivity contribution in [3.05, 3.63) is 24.3 Å². The molecule has 2 atom stereocenters. The Kier molecular flexibility index (Phi) is 3.75. The second kappa shape index (κ2) is 6.05. The SMILES string of the molecule is C[C@]12CCC(=O)N1[C@H](C(=O)Nc1ccc(-c3nnnn3C3CC3)cc1)CS2. The molecule has 0 unspecified atom stereocenters. The van der Waals surface area contributed by atoms with Gasteiger partial charge in [0, 0.05) is 23.4 Å². The molecule has 3 heterocycles. The summed E-state index contributed by atoms with van der Waals surface area (Å²) in [6.07, 6.45) is 3.56. The minimum absolute atomic E-state index is 0.0740. The van der Waals surface area contributed by atoms with Crippen LogP contribution in [0.2, 0.25) is 0 Å². The van der Waals surface area contributed by atoms with E-state index < -0.39 is 6.04 Å². The zero-order chi connectivity index (χ0) is 18.6. The topological polar surface area (TPSA) is 93.0 Å². The summed E-state index contributed by atoms with van der Waals surface area (Å²) in [5.74, 6) is 1.34. The van der Waals surface area contributed by atoms with Crippen molar-refractivity contribution in [2.24, 2.45) is 0 Å². The second-order valence-corrected chi connectivity index (χ2v) is 9.01. The van der Waals surface area contributed by atoms with Crippen molar-refractivity contribution in [3.8, 4) is 11.4 Å². The molecule has 9 heteroatoms. The van der Waals surface area contributed by atoms with Crippen molar-refractivity contribution < 1.29 is 9.59 Å². The number of aromatic nitrogens is 4. The van der Waals surface area contributed by atoms with Gasteiger partial charge in [-0.15, -0.1) is 16.9 Å². The number of nitrogens with zero attached hydrogens (tertiary/aromatic N) is 5. The summed E-state index contributed by atoms with van der Waals surface area (Å²) in [5.41, 5.74) is 1.63. The van der Waals surface area contributed by atoms with Gasteiger partial charge in [0.1, 0.15) is 6.04 Å². The molecule has 0 radical (unpaired) electrons. The van der Waals surface area contributed by atoms with Crippen LogP contribution >= 0.6 is 11.8 Å². The molecule has 1 saturated carbocycles. The highest BCUT2D eigenvalue weighted by Gasteiger charge is 2.52. The van der Waals surface area contributed by atoms with E-state index in [9.17, 15) is 9.59 Å². The van der Waals surface area contributed by atoms with Gasteiger partial charge in [-0.3, -0.25) is 9.59 Å². The number of hydrogen-bond acceptors (Lipinski definition) is 6. The van der Waals surface area contributed by atoms with Gasteiger partial charge in [-0.2, -0.15) is 0 Å². The number of carbonyl (C=O) groups excluding carboxylic acids is 2. The summed E-state index contributed by atoms with van der Waals surface area (Å²) in [7, 11) is 0. The molecule has 2 aromatic rings. The number of benzene rings is 1. The molecule has 0 bridgehead atoms. The fourth-order valence-corrected chi connectivity index (χ4v) is 5.32. The smallest absolute Gasteiger partial charge is 0.248 e. The van der Waals surface area contributed by atoms with Crippen molar-refractivity contribution >= 4 is 29.3 Å². The van der Waals surface area contributed by atoms with E-state index in [2.05, 4.69) is 27.8 Å². The number of nitrogens with one attached hydrogen (secondary N) is 1. The van der Waals surface area contributed by atoms with E-state index in [1.807, 2.05) is 28.9 Å². The van der Waals surface area contributed by atoms with Crippen LogP contribution in [-0.4, -0.2) is 53.6 Å². The Labute approximate surface area is 160 Å². The molecule has 2 saturated heterocycles. The van der Waals surface area contributed by atoms with Crippen LogP contribution in [0.25, 0.3) is 11.4 Å². The van der Waals surface area contributed by atoms with E-state index in [-0.39, 0.29) is 16.7 Å². The molecular formula is C18H20N6O2S. The highest BCUT2D eigenvalue weighted by atomic mass is 32.2. The van der Waals surface area contributed by atoms with Gasteiger partial charge in [0.25, 0.3) is 0 Å². The zero-order valence-electron chi connectivity index (χ0n) is 15.0. The number of carbonyl (C=O) groups is 2. The van der Waals surface area contributed by atoms with Crippen LogP contribution in [0, 0.1) is 0 Å². The first kappa shape index (κ1) is 16.7. The Morgan fingerprint density at radius 2 is 2.07 bits per heavy atom. The molecule has 140 valence electrons. The van der Waals surface area contributed by atoms with Crippen LogP contribution in [0.3, 0.4) is 0 Å². The summed E-state index contributed by atoms with van der Waals surface area (Å²) in [4.78, 5) is 26.5. The van der Waals surface area contributed by atoms with Crippen molar-refractivity contribution in [2.45, 2.75) is 49.6 Å². The molecule has 1 aromatic carbocycles. The lowest BCUT2D eigenvalue weighted by molar-refractivity contribution is -0.135. The van der Waals surface area contributed by atoms with Crippen molar-refractivity contribution in [3.63, 3.8) is 0 Å². The first-order valence-corrected chi connectivity index (χ1v) is 10.2. The average Bonchev–Trinajstić information content (AvgIpc) is 3.16. The molecule has 1 aliphatic carbocycles. The third kappa shape index (κ3) is 2.80. The monoisotopic (exact) mass is 384 g/mol. The van der Waals surface area contributed by atoms with E-state index in [0.29, 0.717) is 23.9 Å². The Morgan fingerprint density at radius 1 is 1.30 bits per heavy atom. The molecule has 1 aromatic heterocycles. The lowest BCUT2D eigenvalue weighted by atomic mass is 10.1. The van der Waals surface area contributed by atoms with Crippen LogP contribution in [0.4, 0.5) is 5.69 Å². The summed E-state index contributed by atoms with van der Waals surface area (Å²) in [6.45, 7) is 2.05. The normalized spacial score (nSPS) is 27.1. The standard InChI is InChI=1S/C18H20N6O2S/c1-18-9-8-15(25)23(18)14(10-27-18)17(26)19-12-4-2-11(3-5-12)16-20-21-22-24(16)13-6-7-13/h2-5,13-14H,6-10H2,1H3,(H,19,26)/t14-,18-/m0/s1. The van der Waals surface area contributed by atoms with Gasteiger partial charge < -0.3 is 10.2 Å². The molecule has 2 aliphatic heterocycles. The number of amides is 2. The van der Waals surface area contributed by atoms with Gasteiger partial charge in [-0.1, -0.05) is 0 Å². The number of rotatable bonds is 4. The highest BCUT2D eigenvalue weighted by Crippen LogP contribution is 2.47. The van der Waals surface area contributed by atoms with Crippen LogP contribution < -0.4 is 5.32 Å². The first-order chi connectivity index (χ1) is 13.0. The largest absolute Gasteiger partial charge is 0.324 e. The maximum atomic E-state index is 12.8. The number of hydrogen-bond donors (Lipinski definition) is 1. The van der Waals surface area contributed by atoms with Crippen molar-refractivity contribution in [2.75, 3.05) is 11.1 Å². The fourth-order valence-electron chi connectivity index (χ4n) is 3.89. The van der Waals surface area contributed by atoms with Crippen molar-refractivity contribution in [1.29, 1.82) is 0 Å². The number of tetrazole rings is 1. The van der Waals surface area contributed by atoms with Crippen LogP contribution in [0.1, 0.15) is 38.6 Å². The third-order valence-electron chi connectivity index (χ3n) is 5.54. The minimum atomic E-state index is -0.406. The molecule has 0 spiro atoms. The predicted octanol–water partition coefficient (Wildman–Crippen LogP) is 2.07. The zero-order valence-corrected chi connectivity index (χ0v) is 15.8. The van der Waals surface area contributed by atoms with Gasteiger partial charge in [-0.05, 0) is 60.9 Å². The molecule has 3 fully saturated rings. The molecule has 3 aliphatic rings. The molecular weight excluding hydrogens is 364 g/mol. The maximum Gasteiger partial charge on any atom is 0.248 e. The minimum Gasteiger partial charge on any atom is -0.324 e. The van der Waals surface area contributed by atoms with Gasteiger partial charge in [0.15, 0.2) is 5.82 Å². The summed E-state index contributed by atoms with van der Waals surface area (Å²) < 4.78 is 1.86. The van der Waals surface area contributed by atoms with Crippen LogP contribution in [0.15, 0.2) is 24.3 Å². The van der Waals surface area contributed by atoms with E-state index >= 15 is 0 Å². The number of anilines is 1. The Bertz CT molecular complexity index is 909. The van der Waals surface area contributed by atoms with Gasteiger partial charge in [0.2, 0.25) is 11.8 Å². The second-order valence-electron chi connectivity index (χ2n) is 7.51. The molecule has 1 N–H and O–H groups in total. The molecule has 27 heavy (non-hydrogen) atoms. The molecule has 5 rings (SSSR count). The van der Waals surface area contributed by atoms with E-state index in [4.69, 9.17) is 0 Å². The Balaban J connectivity index is 1.31. The van der Waals surface area contributed by atoms with E-state index in [1.165, 1.54) is 0 Å². The number of thioether (sulfide) groups is 1. The third-order valence-corrected chi connectivity index (χ3v) is 7.05. The first-order valence-electron chi connectivity index (χ1n) is 9.20. The van der Waals surface area contributed by atoms with Crippen LogP contribution in [0.5, 0.6) is 0 Å². The summed E-state index contributed by atoms with van der Waals surface area (Å²) in [6, 6.07) is 7.53. The Morgan fingerprint density at radius 3 is 2.81 bits per heavy atom. The van der Waals surface area contributed by atoms with E-state index in [1.54, 1.807) is 16.7 Å². The van der Waals surface area contributed by atoms with Crippen molar-refractivity contribution in [1.82, 2.24) is 25.1 Å². The predicted molar refractivity (Wildman–Crippen MR) is 101 cm³/mol. The fraction of sp³-hybridized carbons (Fsp3) is 0.500. The summed E-state index contributed by atoms with van der Waals surface area (Å²) in [5, 5.41) is 14.9. The lowest BCUT2D eigenvalue weighted by Crippen LogP contribution is -2.48.